The van der Waals surface area contributed by atoms with E-state index < -0.39 is 11.7 Å². The fourth-order valence-electron chi connectivity index (χ4n) is 1.75. The molecule has 1 amide bonds. The molecule has 1 aromatic carbocycles. The van der Waals surface area contributed by atoms with Crippen molar-refractivity contribution in [3.63, 3.8) is 0 Å². The molecule has 18 heavy (non-hydrogen) atoms. The molecule has 2 aromatic rings. The number of nitrogens with one attached hydrogen (secondary N) is 1. The van der Waals surface area contributed by atoms with Gasteiger partial charge in [0.2, 0.25) is 0 Å². The van der Waals surface area contributed by atoms with Gasteiger partial charge in [-0.2, -0.15) is 0 Å². The summed E-state index contributed by atoms with van der Waals surface area (Å²) in [6.07, 6.45) is 2.42. The molecule has 0 fully saturated rings. The van der Waals surface area contributed by atoms with Crippen molar-refractivity contribution in [1.29, 1.82) is 0 Å². The number of aryl methyl sites for hydroxylation is 2. The van der Waals surface area contributed by atoms with Crippen LogP contribution in [0.3, 0.4) is 0 Å². The van der Waals surface area contributed by atoms with Crippen LogP contribution < -0.4 is 5.32 Å². The number of aromatic nitrogens is 1. The Kier molecular flexibility index (Phi) is 3.37. The summed E-state index contributed by atoms with van der Waals surface area (Å²) in [5.74, 6) is -1.09. The first-order chi connectivity index (χ1) is 8.59. The van der Waals surface area contributed by atoms with Gasteiger partial charge in [-0.05, 0) is 31.0 Å². The Labute approximate surface area is 105 Å². The summed E-state index contributed by atoms with van der Waals surface area (Å²) in [5.41, 5.74) is 2.60. The zero-order valence-corrected chi connectivity index (χ0v) is 10.2. The second-order valence-electron chi connectivity index (χ2n) is 4.08. The third-order valence-corrected chi connectivity index (χ3v) is 2.74. The van der Waals surface area contributed by atoms with Gasteiger partial charge in [0.1, 0.15) is 0 Å². The molecule has 3 nitrogen and oxygen atoms in total. The molecule has 92 valence electrons. The van der Waals surface area contributed by atoms with Crippen LogP contribution in [0.2, 0.25) is 0 Å². The predicted molar refractivity (Wildman–Crippen MR) is 68.1 cm³/mol. The van der Waals surface area contributed by atoms with Gasteiger partial charge in [0.15, 0.2) is 5.82 Å². The van der Waals surface area contributed by atoms with Gasteiger partial charge in [0, 0.05) is 11.9 Å². The van der Waals surface area contributed by atoms with Gasteiger partial charge in [-0.25, -0.2) is 4.39 Å². The molecule has 0 bridgehead atoms. The van der Waals surface area contributed by atoms with Gasteiger partial charge in [0.25, 0.3) is 5.91 Å². The summed E-state index contributed by atoms with van der Waals surface area (Å²) in [4.78, 5) is 15.6. The lowest BCUT2D eigenvalue weighted by Gasteiger charge is -2.11. The fraction of sp³-hybridized carbons (Fsp3) is 0.143. The number of anilines is 1. The molecule has 0 aliphatic heterocycles. The Morgan fingerprint density at radius 3 is 2.50 bits per heavy atom. The molecule has 0 radical (unpaired) electrons. The van der Waals surface area contributed by atoms with E-state index in [1.165, 1.54) is 12.3 Å². The van der Waals surface area contributed by atoms with Crippen molar-refractivity contribution in [3.8, 4) is 0 Å². The van der Waals surface area contributed by atoms with Crippen LogP contribution in [0.1, 0.15) is 21.5 Å². The van der Waals surface area contributed by atoms with Crippen LogP contribution in [0.5, 0.6) is 0 Å². The Morgan fingerprint density at radius 1 is 1.22 bits per heavy atom. The first kappa shape index (κ1) is 12.2. The highest BCUT2D eigenvalue weighted by Gasteiger charge is 2.13. The number of hydrogen-bond acceptors (Lipinski definition) is 2. The van der Waals surface area contributed by atoms with E-state index in [1.807, 2.05) is 32.0 Å². The lowest BCUT2D eigenvalue weighted by molar-refractivity contribution is 0.102. The van der Waals surface area contributed by atoms with Crippen molar-refractivity contribution in [2.45, 2.75) is 13.8 Å². The van der Waals surface area contributed by atoms with E-state index in [1.54, 1.807) is 0 Å². The van der Waals surface area contributed by atoms with Crippen molar-refractivity contribution in [2.24, 2.45) is 0 Å². The number of nitrogens with zero attached hydrogens (tertiary/aromatic N) is 1. The summed E-state index contributed by atoms with van der Waals surface area (Å²) < 4.78 is 13.4. The Balaban J connectivity index is 2.30. The molecule has 0 unspecified atom stereocenters. The number of benzene rings is 1. The van der Waals surface area contributed by atoms with Gasteiger partial charge in [-0.15, -0.1) is 0 Å². The minimum Gasteiger partial charge on any atom is -0.321 e. The van der Waals surface area contributed by atoms with E-state index in [-0.39, 0.29) is 5.56 Å². The Hall–Kier alpha value is -2.23. The van der Waals surface area contributed by atoms with Gasteiger partial charge in [0.05, 0.1) is 11.8 Å². The summed E-state index contributed by atoms with van der Waals surface area (Å²) >= 11 is 0. The lowest BCUT2D eigenvalue weighted by Crippen LogP contribution is -2.15. The third kappa shape index (κ3) is 2.37. The van der Waals surface area contributed by atoms with Gasteiger partial charge < -0.3 is 5.32 Å². The van der Waals surface area contributed by atoms with Crippen molar-refractivity contribution in [2.75, 3.05) is 5.32 Å². The van der Waals surface area contributed by atoms with E-state index in [2.05, 4.69) is 10.3 Å². The maximum absolute atomic E-state index is 13.4. The third-order valence-electron chi connectivity index (χ3n) is 2.74. The molecule has 0 atom stereocenters. The number of halogens is 1. The second kappa shape index (κ2) is 4.96. The average molecular weight is 244 g/mol. The van der Waals surface area contributed by atoms with Crippen LogP contribution in [-0.4, -0.2) is 10.9 Å². The van der Waals surface area contributed by atoms with E-state index in [0.29, 0.717) is 0 Å². The zero-order valence-electron chi connectivity index (χ0n) is 10.2. The summed E-state index contributed by atoms with van der Waals surface area (Å²) in [6, 6.07) is 7.06. The first-order valence-corrected chi connectivity index (χ1v) is 5.56. The maximum Gasteiger partial charge on any atom is 0.258 e. The highest BCUT2D eigenvalue weighted by atomic mass is 19.1. The summed E-state index contributed by atoms with van der Waals surface area (Å²) in [7, 11) is 0. The SMILES string of the molecule is Cc1cccc(C)c1NC(=O)c1ccncc1F. The monoisotopic (exact) mass is 244 g/mol. The second-order valence-corrected chi connectivity index (χ2v) is 4.08. The molecule has 1 N–H and O–H groups in total. The number of pyridine rings is 1. The van der Waals surface area contributed by atoms with Gasteiger partial charge in [-0.1, -0.05) is 18.2 Å². The Morgan fingerprint density at radius 2 is 1.89 bits per heavy atom. The highest BCUT2D eigenvalue weighted by molar-refractivity contribution is 6.05. The van der Waals surface area contributed by atoms with Crippen molar-refractivity contribution >= 4 is 11.6 Å². The van der Waals surface area contributed by atoms with Crippen LogP contribution in [0.4, 0.5) is 10.1 Å². The molecule has 1 aromatic heterocycles. The van der Waals surface area contributed by atoms with Crippen LogP contribution in [0.25, 0.3) is 0 Å². The van der Waals surface area contributed by atoms with E-state index in [4.69, 9.17) is 0 Å². The largest absolute Gasteiger partial charge is 0.321 e. The predicted octanol–water partition coefficient (Wildman–Crippen LogP) is 3.09. The molecular weight excluding hydrogens is 231 g/mol. The van der Waals surface area contributed by atoms with Crippen LogP contribution in [0, 0.1) is 19.7 Å². The highest BCUT2D eigenvalue weighted by Crippen LogP contribution is 2.20. The van der Waals surface area contributed by atoms with Crippen molar-refractivity contribution in [1.82, 2.24) is 4.98 Å². The molecule has 4 heteroatoms. The van der Waals surface area contributed by atoms with Crippen LogP contribution in [0.15, 0.2) is 36.7 Å². The first-order valence-electron chi connectivity index (χ1n) is 5.56. The van der Waals surface area contributed by atoms with E-state index in [9.17, 15) is 9.18 Å². The lowest BCUT2D eigenvalue weighted by atomic mass is 10.1. The maximum atomic E-state index is 13.4. The van der Waals surface area contributed by atoms with Gasteiger partial charge in [-0.3, -0.25) is 9.78 Å². The minimum atomic E-state index is -0.624. The standard InChI is InChI=1S/C14H13FN2O/c1-9-4-3-5-10(2)13(9)17-14(18)11-6-7-16-8-12(11)15/h3-8H,1-2H3,(H,17,18). The van der Waals surface area contributed by atoms with E-state index >= 15 is 0 Å². The molecule has 0 aliphatic rings. The van der Waals surface area contributed by atoms with Gasteiger partial charge >= 0.3 is 0 Å². The molecular formula is C14H13FN2O. The summed E-state index contributed by atoms with van der Waals surface area (Å²) in [6.45, 7) is 3.79. The zero-order chi connectivity index (χ0) is 13.1. The quantitative estimate of drug-likeness (QED) is 0.882. The molecule has 1 heterocycles. The number of carbonyl (C=O) groups is 1. The molecule has 0 spiro atoms. The fourth-order valence-corrected chi connectivity index (χ4v) is 1.75. The molecule has 0 saturated carbocycles. The smallest absolute Gasteiger partial charge is 0.258 e. The number of para-hydroxylation sites is 1. The van der Waals surface area contributed by atoms with E-state index in [0.717, 1.165) is 23.0 Å². The van der Waals surface area contributed by atoms with Crippen molar-refractivity contribution in [3.05, 3.63) is 59.2 Å². The number of amides is 1. The Bertz CT molecular complexity index is 576. The van der Waals surface area contributed by atoms with Crippen LogP contribution in [-0.2, 0) is 0 Å². The molecule has 2 rings (SSSR count). The summed E-state index contributed by atoms with van der Waals surface area (Å²) in [5, 5.41) is 2.73. The number of hydrogen-bond donors (Lipinski definition) is 1. The normalized spacial score (nSPS) is 10.2. The van der Waals surface area contributed by atoms with Crippen molar-refractivity contribution < 1.29 is 9.18 Å². The average Bonchev–Trinajstić information content (AvgIpc) is 2.34. The number of rotatable bonds is 2. The minimum absolute atomic E-state index is 0.00680. The number of carbonyl (C=O) groups excluding carboxylic acids is 1. The van der Waals surface area contributed by atoms with Crippen LogP contribution >= 0.6 is 0 Å². The topological polar surface area (TPSA) is 42.0 Å². The molecule has 0 saturated heterocycles. The molecule has 0 aliphatic carbocycles.